The quantitative estimate of drug-likeness (QED) is 0.401. The topological polar surface area (TPSA) is 96.2 Å². The zero-order chi connectivity index (χ0) is 23.3. The van der Waals surface area contributed by atoms with Gasteiger partial charge >= 0.3 is 6.18 Å². The molecule has 1 aliphatic heterocycles. The van der Waals surface area contributed by atoms with Crippen LogP contribution in [0.15, 0.2) is 30.5 Å². The highest BCUT2D eigenvalue weighted by molar-refractivity contribution is 6.30. The minimum Gasteiger partial charge on any atom is -0.493 e. The molecule has 0 fully saturated rings. The van der Waals surface area contributed by atoms with Crippen LogP contribution in [-0.2, 0) is 18.4 Å². The number of alkyl halides is 3. The van der Waals surface area contributed by atoms with Crippen molar-refractivity contribution in [3.05, 3.63) is 52.3 Å². The molecule has 0 aliphatic carbocycles. The first-order chi connectivity index (χ1) is 14.9. The van der Waals surface area contributed by atoms with E-state index in [0.29, 0.717) is 46.4 Å². The van der Waals surface area contributed by atoms with Crippen LogP contribution in [-0.4, -0.2) is 33.6 Å². The van der Waals surface area contributed by atoms with Crippen LogP contribution in [0.3, 0.4) is 0 Å². The average Bonchev–Trinajstić information content (AvgIpc) is 3.30. The van der Waals surface area contributed by atoms with Crippen LogP contribution in [0, 0.1) is 0 Å². The van der Waals surface area contributed by atoms with Gasteiger partial charge in [0, 0.05) is 41.1 Å². The number of nitrogens with one attached hydrogen (secondary N) is 2. The summed E-state index contributed by atoms with van der Waals surface area (Å²) in [5.74, 6) is 0.852. The maximum absolute atomic E-state index is 14.1. The van der Waals surface area contributed by atoms with Gasteiger partial charge in [-0.25, -0.2) is 4.98 Å². The fraction of sp³-hybridized carbons (Fsp3) is 0.409. The van der Waals surface area contributed by atoms with E-state index in [1.165, 1.54) is 6.20 Å². The van der Waals surface area contributed by atoms with E-state index in [4.69, 9.17) is 22.1 Å². The number of H-pyrrole nitrogens is 1. The second-order valence-electron chi connectivity index (χ2n) is 8.80. The number of hydrogen-bond acceptors (Lipinski definition) is 5. The smallest absolute Gasteiger partial charge is 0.431 e. The van der Waals surface area contributed by atoms with E-state index in [1.807, 2.05) is 0 Å². The van der Waals surface area contributed by atoms with Gasteiger partial charge in [0.1, 0.15) is 11.6 Å². The number of nitrogen functional groups attached to an aromatic ring is 1. The second-order valence-corrected chi connectivity index (χ2v) is 9.24. The molecule has 1 aromatic carbocycles. The summed E-state index contributed by atoms with van der Waals surface area (Å²) in [5.41, 5.74) is 3.89. The zero-order valence-corrected chi connectivity index (χ0v) is 18.4. The first-order valence-corrected chi connectivity index (χ1v) is 10.5. The summed E-state index contributed by atoms with van der Waals surface area (Å²) in [6.45, 7) is 3.47. The molecule has 0 saturated carbocycles. The van der Waals surface area contributed by atoms with Gasteiger partial charge in [-0.3, -0.25) is 5.32 Å². The van der Waals surface area contributed by atoms with Crippen molar-refractivity contribution in [3.63, 3.8) is 0 Å². The summed E-state index contributed by atoms with van der Waals surface area (Å²) in [6, 6.07) is 6.65. The van der Waals surface area contributed by atoms with Gasteiger partial charge in [0.05, 0.1) is 18.3 Å². The molecule has 1 aliphatic rings. The summed E-state index contributed by atoms with van der Waals surface area (Å²) in [5, 5.41) is 14.2. The standard InChI is InChI=1S/C22H24ClF3N4O2/c1-20(2,16-8-14(23)5-12-3-4-32-19(12)16)11-21(31,22(24,25)26)29-9-15-6-13-7-18(27)28-10-17(13)30-15/h5-8,10,29-31H,3-4,9,11H2,1-2H3,(H2,27,28). The lowest BCUT2D eigenvalue weighted by atomic mass is 9.76. The van der Waals surface area contributed by atoms with Crippen molar-refractivity contribution < 1.29 is 23.0 Å². The molecule has 10 heteroatoms. The summed E-state index contributed by atoms with van der Waals surface area (Å²) in [6.07, 6.45) is -3.42. The highest BCUT2D eigenvalue weighted by atomic mass is 35.5. The molecule has 0 radical (unpaired) electrons. The molecule has 0 saturated heterocycles. The molecule has 2 aromatic heterocycles. The zero-order valence-electron chi connectivity index (χ0n) is 17.6. The number of anilines is 1. The van der Waals surface area contributed by atoms with Crippen molar-refractivity contribution in [2.75, 3.05) is 12.3 Å². The van der Waals surface area contributed by atoms with Gasteiger partial charge in [-0.1, -0.05) is 25.4 Å². The van der Waals surface area contributed by atoms with Crippen LogP contribution in [0.1, 0.15) is 37.1 Å². The van der Waals surface area contributed by atoms with Crippen molar-refractivity contribution in [2.45, 2.75) is 50.6 Å². The molecule has 3 aromatic rings. The van der Waals surface area contributed by atoms with E-state index >= 15 is 0 Å². The predicted molar refractivity (Wildman–Crippen MR) is 117 cm³/mol. The third-order valence-corrected chi connectivity index (χ3v) is 6.02. The minimum atomic E-state index is -4.93. The Bertz CT molecular complexity index is 1160. The van der Waals surface area contributed by atoms with Gasteiger partial charge < -0.3 is 20.6 Å². The van der Waals surface area contributed by atoms with E-state index in [2.05, 4.69) is 15.3 Å². The van der Waals surface area contributed by atoms with Crippen molar-refractivity contribution in [1.82, 2.24) is 15.3 Å². The molecule has 3 heterocycles. The van der Waals surface area contributed by atoms with Gasteiger partial charge in [0.25, 0.3) is 0 Å². The Morgan fingerprint density at radius 2 is 2.00 bits per heavy atom. The Hall–Kier alpha value is -2.49. The molecule has 4 rings (SSSR count). The first kappa shape index (κ1) is 22.7. The largest absolute Gasteiger partial charge is 0.493 e. The molecular weight excluding hydrogens is 445 g/mol. The lowest BCUT2D eigenvalue weighted by molar-refractivity contribution is -0.280. The molecule has 1 atom stereocenters. The molecule has 0 amide bonds. The third kappa shape index (κ3) is 4.24. The number of fused-ring (bicyclic) bond motifs is 2. The summed E-state index contributed by atoms with van der Waals surface area (Å²) < 4.78 is 47.9. The number of aromatic amines is 1. The van der Waals surface area contributed by atoms with E-state index < -0.39 is 23.7 Å². The molecule has 6 nitrogen and oxygen atoms in total. The normalized spacial score (nSPS) is 16.1. The highest BCUT2D eigenvalue weighted by Crippen LogP contribution is 2.45. The number of hydrogen-bond donors (Lipinski definition) is 4. The van der Waals surface area contributed by atoms with Gasteiger partial charge in [0.15, 0.2) is 0 Å². The molecular formula is C22H24ClF3N4O2. The van der Waals surface area contributed by atoms with E-state index in [0.717, 1.165) is 10.9 Å². The van der Waals surface area contributed by atoms with Crippen LogP contribution >= 0.6 is 11.6 Å². The van der Waals surface area contributed by atoms with Crippen LogP contribution in [0.25, 0.3) is 10.9 Å². The molecule has 0 bridgehead atoms. The van der Waals surface area contributed by atoms with E-state index in [9.17, 15) is 18.3 Å². The number of aromatic nitrogens is 2. The third-order valence-electron chi connectivity index (χ3n) is 5.80. The molecule has 1 unspecified atom stereocenters. The Morgan fingerprint density at radius 3 is 2.72 bits per heavy atom. The number of aliphatic hydroxyl groups is 1. The number of benzene rings is 1. The van der Waals surface area contributed by atoms with Gasteiger partial charge in [0.2, 0.25) is 5.72 Å². The van der Waals surface area contributed by atoms with Crippen molar-refractivity contribution in [1.29, 1.82) is 0 Å². The minimum absolute atomic E-state index is 0.245. The van der Waals surface area contributed by atoms with Gasteiger partial charge in [-0.05, 0) is 35.2 Å². The fourth-order valence-electron chi connectivity index (χ4n) is 4.21. The predicted octanol–water partition coefficient (Wildman–Crippen LogP) is 4.44. The number of pyridine rings is 1. The maximum Gasteiger partial charge on any atom is 0.431 e. The van der Waals surface area contributed by atoms with Crippen molar-refractivity contribution >= 4 is 28.3 Å². The van der Waals surface area contributed by atoms with Gasteiger partial charge in [-0.2, -0.15) is 13.2 Å². The van der Waals surface area contributed by atoms with Gasteiger partial charge in [-0.15, -0.1) is 0 Å². The molecule has 172 valence electrons. The van der Waals surface area contributed by atoms with Crippen LogP contribution in [0.5, 0.6) is 5.75 Å². The number of rotatable bonds is 6. The molecule has 32 heavy (non-hydrogen) atoms. The summed E-state index contributed by atoms with van der Waals surface area (Å²) in [4.78, 5) is 6.95. The van der Waals surface area contributed by atoms with E-state index in [1.54, 1.807) is 38.1 Å². The second kappa shape index (κ2) is 7.83. The SMILES string of the molecule is CC(C)(CC(O)(NCc1cc2cc(N)ncc2[nH]1)C(F)(F)F)c1cc(Cl)cc2c1OCC2. The Labute approximate surface area is 187 Å². The molecule has 0 spiro atoms. The van der Waals surface area contributed by atoms with Crippen LogP contribution < -0.4 is 15.8 Å². The summed E-state index contributed by atoms with van der Waals surface area (Å²) >= 11 is 6.21. The van der Waals surface area contributed by atoms with Crippen LogP contribution in [0.4, 0.5) is 19.0 Å². The number of ether oxygens (including phenoxy) is 1. The lowest BCUT2D eigenvalue weighted by Crippen LogP contribution is -2.59. The molecule has 5 N–H and O–H groups in total. The maximum atomic E-state index is 14.1. The highest BCUT2D eigenvalue weighted by Gasteiger charge is 2.56. The Kier molecular flexibility index (Phi) is 5.55. The van der Waals surface area contributed by atoms with Crippen LogP contribution in [0.2, 0.25) is 5.02 Å². The lowest BCUT2D eigenvalue weighted by Gasteiger charge is -2.38. The Balaban J connectivity index is 1.61. The monoisotopic (exact) mass is 468 g/mol. The van der Waals surface area contributed by atoms with Crippen molar-refractivity contribution in [3.8, 4) is 5.75 Å². The summed E-state index contributed by atoms with van der Waals surface area (Å²) in [7, 11) is 0. The van der Waals surface area contributed by atoms with Crippen molar-refractivity contribution in [2.24, 2.45) is 0 Å². The Morgan fingerprint density at radius 1 is 1.25 bits per heavy atom. The number of nitrogens with zero attached hydrogens (tertiary/aromatic N) is 1. The average molecular weight is 469 g/mol. The fourth-order valence-corrected chi connectivity index (χ4v) is 4.46. The number of halogens is 4. The first-order valence-electron chi connectivity index (χ1n) is 10.1. The van der Waals surface area contributed by atoms with E-state index in [-0.39, 0.29) is 6.54 Å². The number of nitrogens with two attached hydrogens (primary N) is 1.